The summed E-state index contributed by atoms with van der Waals surface area (Å²) < 4.78 is 0. The van der Waals surface area contributed by atoms with Crippen LogP contribution >= 0.6 is 11.6 Å². The SMILES string of the molecule is N#CC1CCN(c2cc(Cl)nc3ccccc23)CC1. The molecule has 96 valence electrons. The number of benzene rings is 1. The second kappa shape index (κ2) is 5.07. The molecule has 2 heterocycles. The number of piperidine rings is 1. The molecule has 0 aliphatic carbocycles. The van der Waals surface area contributed by atoms with Gasteiger partial charge in [0, 0.05) is 30.1 Å². The van der Waals surface area contributed by atoms with E-state index in [2.05, 4.69) is 22.0 Å². The molecule has 1 aliphatic heterocycles. The molecular weight excluding hydrogens is 258 g/mol. The summed E-state index contributed by atoms with van der Waals surface area (Å²) in [6.45, 7) is 1.81. The molecule has 0 radical (unpaired) electrons. The van der Waals surface area contributed by atoms with Gasteiger partial charge in [-0.2, -0.15) is 5.26 Å². The molecule has 4 heteroatoms. The van der Waals surface area contributed by atoms with Gasteiger partial charge in [-0.1, -0.05) is 29.8 Å². The van der Waals surface area contributed by atoms with Crippen molar-refractivity contribution < 1.29 is 0 Å². The fourth-order valence-electron chi connectivity index (χ4n) is 2.64. The molecule has 1 fully saturated rings. The Morgan fingerprint density at radius 3 is 2.74 bits per heavy atom. The number of hydrogen-bond donors (Lipinski definition) is 0. The number of nitrogens with zero attached hydrogens (tertiary/aromatic N) is 3. The molecule has 0 spiro atoms. The minimum atomic E-state index is 0.194. The number of rotatable bonds is 1. The summed E-state index contributed by atoms with van der Waals surface area (Å²) >= 11 is 6.11. The van der Waals surface area contributed by atoms with Crippen LogP contribution in [-0.4, -0.2) is 18.1 Å². The minimum absolute atomic E-state index is 0.194. The summed E-state index contributed by atoms with van der Waals surface area (Å²) in [6, 6.07) is 12.3. The van der Waals surface area contributed by atoms with E-state index in [9.17, 15) is 0 Å². The van der Waals surface area contributed by atoms with E-state index in [-0.39, 0.29) is 5.92 Å². The summed E-state index contributed by atoms with van der Waals surface area (Å²) in [5, 5.41) is 10.6. The Morgan fingerprint density at radius 2 is 2.00 bits per heavy atom. The van der Waals surface area contributed by atoms with Gasteiger partial charge in [-0.25, -0.2) is 4.98 Å². The smallest absolute Gasteiger partial charge is 0.131 e. The highest BCUT2D eigenvalue weighted by Crippen LogP contribution is 2.31. The summed E-state index contributed by atoms with van der Waals surface area (Å²) in [4.78, 5) is 6.66. The van der Waals surface area contributed by atoms with Gasteiger partial charge in [0.2, 0.25) is 0 Å². The second-order valence-corrected chi connectivity index (χ2v) is 5.26. The zero-order valence-electron chi connectivity index (χ0n) is 10.5. The zero-order chi connectivity index (χ0) is 13.2. The maximum atomic E-state index is 8.96. The quantitative estimate of drug-likeness (QED) is 0.744. The van der Waals surface area contributed by atoms with Crippen molar-refractivity contribution >= 4 is 28.2 Å². The van der Waals surface area contributed by atoms with E-state index in [4.69, 9.17) is 16.9 Å². The first kappa shape index (κ1) is 12.3. The minimum Gasteiger partial charge on any atom is -0.371 e. The van der Waals surface area contributed by atoms with Gasteiger partial charge in [0.05, 0.1) is 11.6 Å². The normalized spacial score (nSPS) is 16.5. The predicted molar refractivity (Wildman–Crippen MR) is 77.3 cm³/mol. The molecule has 19 heavy (non-hydrogen) atoms. The number of hydrogen-bond acceptors (Lipinski definition) is 3. The van der Waals surface area contributed by atoms with E-state index in [1.54, 1.807) is 0 Å². The lowest BCUT2D eigenvalue weighted by atomic mass is 9.98. The van der Waals surface area contributed by atoms with Crippen LogP contribution < -0.4 is 4.90 Å². The van der Waals surface area contributed by atoms with Gasteiger partial charge < -0.3 is 4.90 Å². The molecule has 0 saturated carbocycles. The number of anilines is 1. The monoisotopic (exact) mass is 271 g/mol. The third-order valence-corrected chi connectivity index (χ3v) is 3.87. The van der Waals surface area contributed by atoms with Gasteiger partial charge in [0.25, 0.3) is 0 Å². The fourth-order valence-corrected chi connectivity index (χ4v) is 2.83. The molecule has 0 N–H and O–H groups in total. The van der Waals surface area contributed by atoms with Crippen molar-refractivity contribution in [2.45, 2.75) is 12.8 Å². The predicted octanol–water partition coefficient (Wildman–Crippen LogP) is 3.63. The number of fused-ring (bicyclic) bond motifs is 1. The lowest BCUT2D eigenvalue weighted by Crippen LogP contribution is -2.33. The van der Waals surface area contributed by atoms with Gasteiger partial charge in [-0.05, 0) is 25.0 Å². The zero-order valence-corrected chi connectivity index (χ0v) is 11.3. The lowest BCUT2D eigenvalue weighted by Gasteiger charge is -2.31. The number of aromatic nitrogens is 1. The van der Waals surface area contributed by atoms with Gasteiger partial charge in [0.15, 0.2) is 0 Å². The first-order valence-corrected chi connectivity index (χ1v) is 6.85. The van der Waals surface area contributed by atoms with Crippen LogP contribution in [0.1, 0.15) is 12.8 Å². The van der Waals surface area contributed by atoms with Gasteiger partial charge in [0.1, 0.15) is 5.15 Å². The van der Waals surface area contributed by atoms with Gasteiger partial charge >= 0.3 is 0 Å². The number of pyridine rings is 1. The maximum Gasteiger partial charge on any atom is 0.131 e. The van der Waals surface area contributed by atoms with E-state index in [1.165, 1.54) is 0 Å². The maximum absolute atomic E-state index is 8.96. The summed E-state index contributed by atoms with van der Waals surface area (Å²) in [7, 11) is 0. The topological polar surface area (TPSA) is 39.9 Å². The Hall–Kier alpha value is -1.79. The van der Waals surface area contributed by atoms with E-state index in [0.29, 0.717) is 5.15 Å². The second-order valence-electron chi connectivity index (χ2n) is 4.87. The molecule has 0 bridgehead atoms. The van der Waals surface area contributed by atoms with Crippen LogP contribution in [0.4, 0.5) is 5.69 Å². The van der Waals surface area contributed by atoms with Gasteiger partial charge in [-0.15, -0.1) is 0 Å². The Bertz CT molecular complexity index is 639. The van der Waals surface area contributed by atoms with Crippen LogP contribution in [0, 0.1) is 17.2 Å². The molecule has 1 aromatic heterocycles. The molecule has 1 saturated heterocycles. The molecule has 2 aromatic rings. The molecule has 0 amide bonds. The first-order chi connectivity index (χ1) is 9.28. The lowest BCUT2D eigenvalue weighted by molar-refractivity contribution is 0.488. The Kier molecular flexibility index (Phi) is 3.27. The van der Waals surface area contributed by atoms with Crippen LogP contribution in [-0.2, 0) is 0 Å². The van der Waals surface area contributed by atoms with E-state index in [1.807, 2.05) is 24.3 Å². The van der Waals surface area contributed by atoms with Crippen molar-refractivity contribution in [1.29, 1.82) is 5.26 Å². The van der Waals surface area contributed by atoms with Crippen molar-refractivity contribution in [2.24, 2.45) is 5.92 Å². The molecule has 0 unspecified atom stereocenters. The average molecular weight is 272 g/mol. The van der Waals surface area contributed by atoms with E-state index in [0.717, 1.165) is 42.5 Å². The van der Waals surface area contributed by atoms with Crippen LogP contribution in [0.15, 0.2) is 30.3 Å². The van der Waals surface area contributed by atoms with Crippen LogP contribution in [0.25, 0.3) is 10.9 Å². The Morgan fingerprint density at radius 1 is 1.26 bits per heavy atom. The van der Waals surface area contributed by atoms with Crippen LogP contribution in [0.5, 0.6) is 0 Å². The highest BCUT2D eigenvalue weighted by atomic mass is 35.5. The fraction of sp³-hybridized carbons (Fsp3) is 0.333. The summed E-state index contributed by atoms with van der Waals surface area (Å²) in [6.07, 6.45) is 1.84. The third-order valence-electron chi connectivity index (χ3n) is 3.68. The number of halogens is 1. The molecule has 1 aliphatic rings. The molecule has 1 aromatic carbocycles. The average Bonchev–Trinajstić information content (AvgIpc) is 2.46. The van der Waals surface area contributed by atoms with Crippen molar-refractivity contribution in [2.75, 3.05) is 18.0 Å². The number of nitriles is 1. The van der Waals surface area contributed by atoms with Crippen molar-refractivity contribution in [3.63, 3.8) is 0 Å². The van der Waals surface area contributed by atoms with Gasteiger partial charge in [-0.3, -0.25) is 0 Å². The van der Waals surface area contributed by atoms with Crippen LogP contribution in [0.3, 0.4) is 0 Å². The largest absolute Gasteiger partial charge is 0.371 e. The summed E-state index contributed by atoms with van der Waals surface area (Å²) in [5.41, 5.74) is 2.05. The Labute approximate surface area is 117 Å². The molecule has 3 nitrogen and oxygen atoms in total. The number of para-hydroxylation sites is 1. The van der Waals surface area contributed by atoms with Crippen molar-refractivity contribution in [1.82, 2.24) is 4.98 Å². The highest BCUT2D eigenvalue weighted by Gasteiger charge is 2.20. The molecule has 3 rings (SSSR count). The standard InChI is InChI=1S/C15H14ClN3/c16-15-9-14(12-3-1-2-4-13(12)18-15)19-7-5-11(10-17)6-8-19/h1-4,9,11H,5-8H2. The molecule has 0 atom stereocenters. The summed E-state index contributed by atoms with van der Waals surface area (Å²) in [5.74, 6) is 0.194. The van der Waals surface area contributed by atoms with Crippen molar-refractivity contribution in [3.05, 3.63) is 35.5 Å². The van der Waals surface area contributed by atoms with E-state index >= 15 is 0 Å². The van der Waals surface area contributed by atoms with Crippen LogP contribution in [0.2, 0.25) is 5.15 Å². The van der Waals surface area contributed by atoms with E-state index < -0.39 is 0 Å². The highest BCUT2D eigenvalue weighted by molar-refractivity contribution is 6.30. The Balaban J connectivity index is 1.99. The molecular formula is C15H14ClN3. The first-order valence-electron chi connectivity index (χ1n) is 6.48. The third kappa shape index (κ3) is 2.36. The van der Waals surface area contributed by atoms with Crippen molar-refractivity contribution in [3.8, 4) is 6.07 Å².